The van der Waals surface area contributed by atoms with E-state index in [4.69, 9.17) is 9.47 Å². The fraction of sp³-hybridized carbons (Fsp3) is 0.400. The van der Waals surface area contributed by atoms with Crippen molar-refractivity contribution in [2.24, 2.45) is 0 Å². The number of benzene rings is 1. The first-order valence-electron chi connectivity index (χ1n) is 6.49. The van der Waals surface area contributed by atoms with Crippen molar-refractivity contribution in [3.63, 3.8) is 0 Å². The highest BCUT2D eigenvalue weighted by Gasteiger charge is 2.17. The van der Waals surface area contributed by atoms with Gasteiger partial charge in [0.1, 0.15) is 0 Å². The van der Waals surface area contributed by atoms with Crippen molar-refractivity contribution < 1.29 is 14.3 Å². The van der Waals surface area contributed by atoms with Gasteiger partial charge in [-0.3, -0.25) is 4.79 Å². The lowest BCUT2D eigenvalue weighted by Crippen LogP contribution is -2.21. The van der Waals surface area contributed by atoms with Crippen molar-refractivity contribution in [2.75, 3.05) is 13.2 Å². The molecule has 0 aliphatic rings. The third kappa shape index (κ3) is 3.62. The molecule has 0 unspecified atom stereocenters. The highest BCUT2D eigenvalue weighted by molar-refractivity contribution is 7.20. The van der Waals surface area contributed by atoms with E-state index in [1.165, 1.54) is 11.3 Å². The molecule has 102 valence electrons. The Balaban J connectivity index is 2.09. The molecular formula is C15H18O3S. The van der Waals surface area contributed by atoms with Crippen LogP contribution in [0.15, 0.2) is 30.3 Å². The number of hydrogen-bond acceptors (Lipinski definition) is 4. The van der Waals surface area contributed by atoms with Crippen molar-refractivity contribution in [3.05, 3.63) is 35.2 Å². The van der Waals surface area contributed by atoms with Crippen LogP contribution in [-0.2, 0) is 9.47 Å². The SMILES string of the molecule is CCOC(CC(=O)c1cc2ccccc2s1)OCC. The number of Topliss-reactive ketones (excluding diaryl/α,β-unsaturated/α-hetero) is 1. The fourth-order valence-electron chi connectivity index (χ4n) is 1.91. The van der Waals surface area contributed by atoms with Crippen molar-refractivity contribution in [2.45, 2.75) is 26.6 Å². The predicted molar refractivity (Wildman–Crippen MR) is 77.8 cm³/mol. The largest absolute Gasteiger partial charge is 0.352 e. The molecule has 2 aromatic rings. The van der Waals surface area contributed by atoms with E-state index in [2.05, 4.69) is 0 Å². The second-order valence-corrected chi connectivity index (χ2v) is 5.20. The molecule has 3 nitrogen and oxygen atoms in total. The molecule has 0 saturated heterocycles. The molecule has 0 amide bonds. The highest BCUT2D eigenvalue weighted by Crippen LogP contribution is 2.26. The van der Waals surface area contributed by atoms with Crippen LogP contribution in [0.1, 0.15) is 29.9 Å². The third-order valence-corrected chi connectivity index (χ3v) is 3.91. The first-order valence-corrected chi connectivity index (χ1v) is 7.31. The molecule has 2 rings (SSSR count). The molecule has 1 aromatic heterocycles. The van der Waals surface area contributed by atoms with Gasteiger partial charge in [-0.25, -0.2) is 0 Å². The van der Waals surface area contributed by atoms with Gasteiger partial charge in [0.25, 0.3) is 0 Å². The summed E-state index contributed by atoms with van der Waals surface area (Å²) in [6, 6.07) is 9.95. The summed E-state index contributed by atoms with van der Waals surface area (Å²) in [6.07, 6.45) is -0.165. The molecule has 0 fully saturated rings. The van der Waals surface area contributed by atoms with E-state index in [0.717, 1.165) is 15.0 Å². The molecular weight excluding hydrogens is 260 g/mol. The number of rotatable bonds is 7. The number of carbonyl (C=O) groups is 1. The first kappa shape index (κ1) is 14.2. The molecule has 0 saturated carbocycles. The van der Waals surface area contributed by atoms with E-state index in [1.807, 2.05) is 44.2 Å². The minimum Gasteiger partial charge on any atom is -0.352 e. The lowest BCUT2D eigenvalue weighted by molar-refractivity contribution is -0.133. The summed E-state index contributed by atoms with van der Waals surface area (Å²) in [5, 5.41) is 1.11. The maximum Gasteiger partial charge on any atom is 0.177 e. The van der Waals surface area contributed by atoms with Gasteiger partial charge in [-0.15, -0.1) is 11.3 Å². The maximum absolute atomic E-state index is 12.2. The smallest absolute Gasteiger partial charge is 0.177 e. The molecule has 0 N–H and O–H groups in total. The van der Waals surface area contributed by atoms with Gasteiger partial charge in [-0.05, 0) is 31.4 Å². The van der Waals surface area contributed by atoms with Crippen molar-refractivity contribution in [3.8, 4) is 0 Å². The molecule has 0 aliphatic carbocycles. The van der Waals surface area contributed by atoms with E-state index in [-0.39, 0.29) is 12.2 Å². The molecule has 19 heavy (non-hydrogen) atoms. The van der Waals surface area contributed by atoms with Crippen LogP contribution in [0.2, 0.25) is 0 Å². The summed E-state index contributed by atoms with van der Waals surface area (Å²) >= 11 is 1.52. The number of thiophene rings is 1. The summed E-state index contributed by atoms with van der Waals surface area (Å²) in [7, 11) is 0. The van der Waals surface area contributed by atoms with Gasteiger partial charge in [0.05, 0.1) is 11.3 Å². The number of ketones is 1. The zero-order chi connectivity index (χ0) is 13.7. The number of carbonyl (C=O) groups excluding carboxylic acids is 1. The van der Waals surface area contributed by atoms with Gasteiger partial charge >= 0.3 is 0 Å². The lowest BCUT2D eigenvalue weighted by atomic mass is 10.2. The fourth-order valence-corrected chi connectivity index (χ4v) is 2.92. The Morgan fingerprint density at radius 1 is 1.21 bits per heavy atom. The van der Waals surface area contributed by atoms with Crippen LogP contribution >= 0.6 is 11.3 Å². The quantitative estimate of drug-likeness (QED) is 0.569. The minimum atomic E-state index is -0.437. The summed E-state index contributed by atoms with van der Waals surface area (Å²) in [6.45, 7) is 4.89. The van der Waals surface area contributed by atoms with Gasteiger partial charge in [0.2, 0.25) is 0 Å². The van der Waals surface area contributed by atoms with Crippen LogP contribution in [-0.4, -0.2) is 25.3 Å². The van der Waals surface area contributed by atoms with Crippen molar-refractivity contribution >= 4 is 27.2 Å². The van der Waals surface area contributed by atoms with Crippen LogP contribution < -0.4 is 0 Å². The highest BCUT2D eigenvalue weighted by atomic mass is 32.1. The van der Waals surface area contributed by atoms with Gasteiger partial charge in [-0.1, -0.05) is 18.2 Å². The standard InChI is InChI=1S/C15H18O3S/c1-3-17-15(18-4-2)10-12(16)14-9-11-7-5-6-8-13(11)19-14/h5-9,15H,3-4,10H2,1-2H3. The summed E-state index contributed by atoms with van der Waals surface area (Å²) < 4.78 is 12.0. The Bertz CT molecular complexity index is 508. The summed E-state index contributed by atoms with van der Waals surface area (Å²) in [4.78, 5) is 13.0. The van der Waals surface area contributed by atoms with Gasteiger partial charge < -0.3 is 9.47 Å². The Kier molecular flexibility index (Phi) is 5.07. The van der Waals surface area contributed by atoms with Crippen molar-refractivity contribution in [1.82, 2.24) is 0 Å². The third-order valence-electron chi connectivity index (χ3n) is 2.76. The molecule has 4 heteroatoms. The number of ether oxygens (including phenoxy) is 2. The lowest BCUT2D eigenvalue weighted by Gasteiger charge is -2.15. The average molecular weight is 278 g/mol. The molecule has 1 heterocycles. The normalized spacial score (nSPS) is 11.3. The van der Waals surface area contributed by atoms with Gasteiger partial charge in [0, 0.05) is 17.9 Å². The topological polar surface area (TPSA) is 35.5 Å². The van der Waals surface area contributed by atoms with Crippen molar-refractivity contribution in [1.29, 1.82) is 0 Å². The van der Waals surface area contributed by atoms with E-state index >= 15 is 0 Å². The molecule has 0 aliphatic heterocycles. The molecule has 0 radical (unpaired) electrons. The second-order valence-electron chi connectivity index (χ2n) is 4.12. The van der Waals surface area contributed by atoms with Crippen LogP contribution in [0.3, 0.4) is 0 Å². The number of fused-ring (bicyclic) bond motifs is 1. The molecule has 1 aromatic carbocycles. The Morgan fingerprint density at radius 2 is 1.89 bits per heavy atom. The van der Waals surface area contributed by atoms with E-state index in [9.17, 15) is 4.79 Å². The zero-order valence-electron chi connectivity index (χ0n) is 11.2. The van der Waals surface area contributed by atoms with Gasteiger partial charge in [-0.2, -0.15) is 0 Å². The molecule has 0 bridgehead atoms. The maximum atomic E-state index is 12.2. The monoisotopic (exact) mass is 278 g/mol. The Hall–Kier alpha value is -1.23. The van der Waals surface area contributed by atoms with Crippen LogP contribution in [0.4, 0.5) is 0 Å². The van der Waals surface area contributed by atoms with E-state index in [1.54, 1.807) is 0 Å². The second kappa shape index (κ2) is 6.80. The zero-order valence-corrected chi connectivity index (χ0v) is 12.0. The summed E-state index contributed by atoms with van der Waals surface area (Å²) in [5.74, 6) is 0.0769. The van der Waals surface area contributed by atoms with Gasteiger partial charge in [0.15, 0.2) is 12.1 Å². The summed E-state index contributed by atoms with van der Waals surface area (Å²) in [5.41, 5.74) is 0. The van der Waals surface area contributed by atoms with E-state index < -0.39 is 6.29 Å². The number of hydrogen-bond donors (Lipinski definition) is 0. The van der Waals surface area contributed by atoms with Crippen LogP contribution in [0, 0.1) is 0 Å². The Labute approximate surface area is 117 Å². The molecule has 0 spiro atoms. The predicted octanol–water partition coefficient (Wildman–Crippen LogP) is 3.87. The van der Waals surface area contributed by atoms with Crippen LogP contribution in [0.5, 0.6) is 0 Å². The average Bonchev–Trinajstić information content (AvgIpc) is 2.83. The first-order chi connectivity index (χ1) is 9.24. The van der Waals surface area contributed by atoms with Crippen LogP contribution in [0.25, 0.3) is 10.1 Å². The molecule has 0 atom stereocenters. The Morgan fingerprint density at radius 3 is 2.53 bits per heavy atom. The minimum absolute atomic E-state index is 0.0769. The van der Waals surface area contributed by atoms with E-state index in [0.29, 0.717) is 13.2 Å².